The summed E-state index contributed by atoms with van der Waals surface area (Å²) in [6, 6.07) is 20.9. The second-order valence-corrected chi connectivity index (χ2v) is 26.8. The lowest BCUT2D eigenvalue weighted by atomic mass is 9.69. The first kappa shape index (κ1) is 68.8. The van der Waals surface area contributed by atoms with E-state index < -0.39 is 284 Å². The molecular formula is C76H64O30. The van der Waals surface area contributed by atoms with Gasteiger partial charge in [-0.05, 0) is 88.5 Å². The van der Waals surface area contributed by atoms with Gasteiger partial charge in [-0.3, -0.25) is 0 Å². The van der Waals surface area contributed by atoms with Gasteiger partial charge in [0.25, 0.3) is 0 Å². The molecule has 0 aromatic heterocycles. The van der Waals surface area contributed by atoms with Crippen molar-refractivity contribution in [3.63, 3.8) is 0 Å². The highest BCUT2D eigenvalue weighted by atomic mass is 16.5. The Morgan fingerprint density at radius 3 is 0.717 bits per heavy atom. The van der Waals surface area contributed by atoms with Gasteiger partial charge in [-0.25, -0.2) is 0 Å². The number of benzene rings is 10. The summed E-state index contributed by atoms with van der Waals surface area (Å²) >= 11 is 0. The summed E-state index contributed by atoms with van der Waals surface area (Å²) in [5.74, 6) is -30.8. The molecule has 106 heavy (non-hydrogen) atoms. The maximum absolute atomic E-state index is 14.2. The maximum Gasteiger partial charge on any atom is 0.157 e. The van der Waals surface area contributed by atoms with Gasteiger partial charge in [-0.1, -0.05) is 37.3 Å². The average Bonchev–Trinajstić information content (AvgIpc) is 0.688. The van der Waals surface area contributed by atoms with Crippen LogP contribution in [0.3, 0.4) is 0 Å². The molecule has 25 N–H and O–H groups in total. The summed E-state index contributed by atoms with van der Waals surface area (Å²) in [5.41, 5.74) is -7.53. The Bertz CT molecular complexity index is 5310. The Morgan fingerprint density at radius 1 is 0.217 bits per heavy atom. The van der Waals surface area contributed by atoms with Crippen LogP contribution in [0, 0.1) is 0 Å². The van der Waals surface area contributed by atoms with Crippen LogP contribution in [0.4, 0.5) is 0 Å². The van der Waals surface area contributed by atoms with Gasteiger partial charge in [0.15, 0.2) is 88.0 Å². The highest BCUT2D eigenvalue weighted by molar-refractivity contribution is 5.78. The van der Waals surface area contributed by atoms with E-state index in [1.54, 1.807) is 0 Å². The molecule has 30 nitrogen and oxygen atoms in total. The second kappa shape index (κ2) is 24.9. The van der Waals surface area contributed by atoms with E-state index in [9.17, 15) is 128 Å². The number of hydrogen-bond donors (Lipinski definition) is 25. The van der Waals surface area contributed by atoms with Gasteiger partial charge in [0.2, 0.25) is 0 Å². The van der Waals surface area contributed by atoms with Gasteiger partial charge >= 0.3 is 0 Å². The molecule has 5 heterocycles. The van der Waals surface area contributed by atoms with Crippen LogP contribution >= 0.6 is 0 Å². The van der Waals surface area contributed by atoms with Gasteiger partial charge < -0.3 is 151 Å². The molecule has 5 aliphatic rings. The number of aliphatic hydroxyl groups is 5. The lowest BCUT2D eigenvalue weighted by Crippen LogP contribution is -2.40. The van der Waals surface area contributed by atoms with Gasteiger partial charge in [-0.2, -0.15) is 0 Å². The lowest BCUT2D eigenvalue weighted by Gasteiger charge is -2.45. The van der Waals surface area contributed by atoms with E-state index in [1.165, 1.54) is 31.2 Å². The van der Waals surface area contributed by atoms with E-state index in [0.29, 0.717) is 0 Å². The van der Waals surface area contributed by atoms with Crippen molar-refractivity contribution < 1.29 is 151 Å². The zero-order valence-electron chi connectivity index (χ0n) is 54.5. The fourth-order valence-electron chi connectivity index (χ4n) is 15.7. The third-order valence-electron chi connectivity index (χ3n) is 20.6. The number of rotatable bonds is 9. The van der Waals surface area contributed by atoms with Gasteiger partial charge in [0.05, 0.1) is 23.7 Å². The Balaban J connectivity index is 1.12. The SMILES string of the molecule is CC1c2c(O)c(C3c4c(O)cc(O)cc4OC(c4ccc(O)c(O)c4)C3O)c(O)c(C3c4c(O)c(C5c6c(O)cc(O)cc6OC(c6ccc(O)c(O)c6)C5O)c(O)c(C5c6c(O)cc(O)cc6OC(c6ccc(O)c(O)c6)C5O)c4OC(c4ccc(O)c(O)c4)C3O)c2OC(c2ccc(O)c(O)c2)C1O. The minimum absolute atomic E-state index is 0.125. The van der Waals surface area contributed by atoms with Gasteiger partial charge in [-0.15, -0.1) is 0 Å². The van der Waals surface area contributed by atoms with Crippen LogP contribution in [0.2, 0.25) is 0 Å². The minimum atomic E-state index is -2.53. The topological polar surface area (TPSA) is 552 Å². The smallest absolute Gasteiger partial charge is 0.157 e. The van der Waals surface area contributed by atoms with Gasteiger partial charge in [0.1, 0.15) is 117 Å². The predicted octanol–water partition coefficient (Wildman–Crippen LogP) is 7.90. The Hall–Kier alpha value is -13.0. The van der Waals surface area contributed by atoms with Gasteiger partial charge in [0, 0.05) is 92.4 Å². The Labute approximate surface area is 595 Å². The molecular weight excluding hydrogens is 1390 g/mol. The van der Waals surface area contributed by atoms with E-state index in [-0.39, 0.29) is 27.8 Å². The van der Waals surface area contributed by atoms with E-state index in [4.69, 9.17) is 23.7 Å². The van der Waals surface area contributed by atoms with E-state index in [0.717, 1.165) is 103 Å². The van der Waals surface area contributed by atoms with Crippen molar-refractivity contribution >= 4 is 0 Å². The number of hydrogen-bond acceptors (Lipinski definition) is 30. The van der Waals surface area contributed by atoms with Crippen LogP contribution in [-0.4, -0.2) is 158 Å². The van der Waals surface area contributed by atoms with E-state index in [2.05, 4.69) is 0 Å². The monoisotopic (exact) mass is 1460 g/mol. The first-order valence-electron chi connectivity index (χ1n) is 32.6. The Morgan fingerprint density at radius 2 is 0.443 bits per heavy atom. The quantitative estimate of drug-likeness (QED) is 0.0610. The van der Waals surface area contributed by atoms with Crippen LogP contribution in [0.5, 0.6) is 144 Å². The lowest BCUT2D eigenvalue weighted by molar-refractivity contribution is -0.0101. The first-order chi connectivity index (χ1) is 50.3. The molecule has 0 fully saturated rings. The number of aromatic hydroxyl groups is 20. The fourth-order valence-corrected chi connectivity index (χ4v) is 15.7. The summed E-state index contributed by atoms with van der Waals surface area (Å²) in [7, 11) is 0. The molecule has 15 rings (SSSR count). The summed E-state index contributed by atoms with van der Waals surface area (Å²) in [6.45, 7) is 1.33. The molecule has 548 valence electrons. The highest BCUT2D eigenvalue weighted by Crippen LogP contribution is 2.69. The standard InChI is InChI=1S/C76H64O30/c1-23-48-62(94)56(52-49-42(90)17-29(77)20-45(49)102-71(66(52)98)25-3-8-33(81)38(86)13-25)63(95)59(75(48)105-70(61(23)93)24-2-7-32(80)37(85)12-24)55-60-65(97)57(53-50-43(91)18-30(78)21-46(50)103-72(67(53)99)26-4-9-34(82)39(87)14-26)64(96)58(76(60)106-74(69(55)101)28-6-11-36(84)41(89)16-28)54-51-44(92)19-31(79)22-47(51)104-73(68(54)100)27-5-10-35(83)40(88)15-27/h2-23,52-55,61,66-74,77-101H,1H3. The van der Waals surface area contributed by atoms with Crippen LogP contribution in [-0.2, 0) is 0 Å². The molecule has 0 bridgehead atoms. The van der Waals surface area contributed by atoms with Crippen molar-refractivity contribution in [2.45, 2.75) is 97.6 Å². The van der Waals surface area contributed by atoms with Crippen molar-refractivity contribution in [3.05, 3.63) is 205 Å². The molecule has 0 amide bonds. The highest BCUT2D eigenvalue weighted by Gasteiger charge is 2.56. The molecule has 10 aromatic carbocycles. The molecule has 0 radical (unpaired) electrons. The fraction of sp³-hybridized carbons (Fsp3) is 0.211. The van der Waals surface area contributed by atoms with Crippen LogP contribution < -0.4 is 23.7 Å². The minimum Gasteiger partial charge on any atom is -0.508 e. The Kier molecular flexibility index (Phi) is 16.1. The van der Waals surface area contributed by atoms with E-state index >= 15 is 0 Å². The first-order valence-corrected chi connectivity index (χ1v) is 32.6. The molecule has 10 aromatic rings. The normalized spacial score (nSPS) is 24.8. The second-order valence-electron chi connectivity index (χ2n) is 26.8. The summed E-state index contributed by atoms with van der Waals surface area (Å²) < 4.78 is 32.6. The molecule has 15 atom stereocenters. The summed E-state index contributed by atoms with van der Waals surface area (Å²) in [6.07, 6.45) is -20.8. The number of ether oxygens (including phenoxy) is 5. The van der Waals surface area contributed by atoms with Crippen molar-refractivity contribution in [1.82, 2.24) is 0 Å². The third-order valence-corrected chi connectivity index (χ3v) is 20.6. The molecule has 0 spiro atoms. The molecule has 0 saturated heterocycles. The molecule has 0 saturated carbocycles. The van der Waals surface area contributed by atoms with Crippen molar-refractivity contribution in [1.29, 1.82) is 0 Å². The van der Waals surface area contributed by atoms with Crippen molar-refractivity contribution in [2.75, 3.05) is 0 Å². The van der Waals surface area contributed by atoms with Crippen LogP contribution in [0.1, 0.15) is 145 Å². The third kappa shape index (κ3) is 10.6. The zero-order valence-corrected chi connectivity index (χ0v) is 54.5. The summed E-state index contributed by atoms with van der Waals surface area (Å²) in [4.78, 5) is 0. The molecule has 15 unspecified atom stereocenters. The van der Waals surface area contributed by atoms with E-state index in [1.807, 2.05) is 0 Å². The van der Waals surface area contributed by atoms with Crippen molar-refractivity contribution in [3.8, 4) is 144 Å². The summed E-state index contributed by atoms with van der Waals surface area (Å²) in [5, 5.41) is 301. The average molecular weight is 1460 g/mol. The number of aliphatic hydroxyl groups excluding tert-OH is 5. The number of phenolic OH excluding ortho intramolecular Hbond substituents is 20. The number of fused-ring (bicyclic) bond motifs is 5. The molecule has 5 aliphatic heterocycles. The number of phenols is 20. The zero-order chi connectivity index (χ0) is 75.6. The molecule has 30 heteroatoms. The predicted molar refractivity (Wildman–Crippen MR) is 360 cm³/mol. The van der Waals surface area contributed by atoms with Crippen LogP contribution in [0.15, 0.2) is 127 Å². The molecule has 0 aliphatic carbocycles. The largest absolute Gasteiger partial charge is 0.508 e. The maximum atomic E-state index is 14.2. The van der Waals surface area contributed by atoms with Crippen molar-refractivity contribution in [2.24, 2.45) is 0 Å². The van der Waals surface area contributed by atoms with Crippen LogP contribution in [0.25, 0.3) is 0 Å².